The van der Waals surface area contributed by atoms with Crippen LogP contribution in [0.3, 0.4) is 0 Å². The molecule has 11 heteroatoms. The van der Waals surface area contributed by atoms with Crippen LogP contribution >= 0.6 is 27.7 Å². The summed E-state index contributed by atoms with van der Waals surface area (Å²) in [5.74, 6) is 0.584. The number of urea groups is 1. The van der Waals surface area contributed by atoms with Crippen molar-refractivity contribution in [2.24, 2.45) is 10.7 Å². The Kier molecular flexibility index (Phi) is 6.55. The third-order valence-corrected chi connectivity index (χ3v) is 4.29. The summed E-state index contributed by atoms with van der Waals surface area (Å²) >= 11 is 4.45. The van der Waals surface area contributed by atoms with E-state index in [1.165, 1.54) is 17.8 Å². The van der Waals surface area contributed by atoms with Crippen LogP contribution in [-0.2, 0) is 0 Å². The maximum atomic E-state index is 13.3. The Morgan fingerprint density at radius 3 is 2.96 bits per heavy atom. The Hall–Kier alpha value is -2.14. The molecule has 0 aliphatic carbocycles. The number of carbonyl (C=O) groups is 1. The lowest BCUT2D eigenvalue weighted by molar-refractivity contribution is 0.249. The number of nitrogens with one attached hydrogen (secondary N) is 2. The molecule has 24 heavy (non-hydrogen) atoms. The second-order valence-corrected chi connectivity index (χ2v) is 6.32. The zero-order chi connectivity index (χ0) is 17.5. The van der Waals surface area contributed by atoms with Crippen molar-refractivity contribution >= 4 is 45.2 Å². The Morgan fingerprint density at radius 1 is 1.50 bits per heavy atom. The Labute approximate surface area is 149 Å². The van der Waals surface area contributed by atoms with E-state index in [0.717, 1.165) is 0 Å². The van der Waals surface area contributed by atoms with Gasteiger partial charge in [-0.3, -0.25) is 4.99 Å². The number of carbonyl (C=O) groups excluding carboxylic acids is 1. The van der Waals surface area contributed by atoms with Crippen molar-refractivity contribution in [2.45, 2.75) is 5.03 Å². The number of hydrogen-bond donors (Lipinski definition) is 3. The number of aliphatic imine (C=N–C) groups is 1. The van der Waals surface area contributed by atoms with Crippen molar-refractivity contribution in [1.82, 2.24) is 15.6 Å². The second-order valence-electron chi connectivity index (χ2n) is 4.38. The fourth-order valence-corrected chi connectivity index (χ4v) is 2.81. The van der Waals surface area contributed by atoms with Crippen molar-refractivity contribution in [2.75, 3.05) is 24.7 Å². The van der Waals surface area contributed by atoms with Crippen molar-refractivity contribution in [1.29, 1.82) is 0 Å². The minimum Gasteiger partial charge on any atom is -0.352 e. The monoisotopic (exact) mass is 416 g/mol. The normalized spacial score (nSPS) is 11.4. The average molecular weight is 417 g/mol. The molecule has 8 nitrogen and oxygen atoms in total. The summed E-state index contributed by atoms with van der Waals surface area (Å²) in [7, 11) is 1.58. The molecule has 0 bridgehead atoms. The zero-order valence-electron chi connectivity index (χ0n) is 12.5. The molecule has 0 aliphatic heterocycles. The van der Waals surface area contributed by atoms with Gasteiger partial charge in [-0.25, -0.2) is 13.8 Å². The largest absolute Gasteiger partial charge is 0.352 e. The molecule has 128 valence electrons. The van der Waals surface area contributed by atoms with Crippen LogP contribution in [0.5, 0.6) is 0 Å². The summed E-state index contributed by atoms with van der Waals surface area (Å²) in [5, 5.41) is 13.7. The van der Waals surface area contributed by atoms with Gasteiger partial charge in [0.15, 0.2) is 16.6 Å². The summed E-state index contributed by atoms with van der Waals surface area (Å²) in [4.78, 5) is 14.8. The number of benzene rings is 1. The van der Waals surface area contributed by atoms with Gasteiger partial charge in [-0.15, -0.1) is 0 Å². The van der Waals surface area contributed by atoms with E-state index < -0.39 is 6.03 Å². The van der Waals surface area contributed by atoms with E-state index in [9.17, 15) is 9.18 Å². The van der Waals surface area contributed by atoms with E-state index in [2.05, 4.69) is 41.9 Å². The first-order chi connectivity index (χ1) is 11.5. The van der Waals surface area contributed by atoms with E-state index in [1.807, 2.05) is 0 Å². The molecule has 2 aromatic rings. The van der Waals surface area contributed by atoms with Gasteiger partial charge in [0.25, 0.3) is 0 Å². The van der Waals surface area contributed by atoms with E-state index in [1.54, 1.807) is 19.2 Å². The first kappa shape index (κ1) is 18.2. The molecule has 0 atom stereocenters. The molecule has 0 aliphatic rings. The number of thioether (sulfide) groups is 1. The standard InChI is InChI=1S/C13H14BrFN6O2S/c1-17-11(19-7-2-3-9(15)8(14)6-7)10-12(21-23-20-10)24-5-4-18-13(16)22/h2-3,6H,4-5H2,1H3,(H,17,19)(H3,16,18,22). The lowest BCUT2D eigenvalue weighted by Crippen LogP contribution is -2.31. The van der Waals surface area contributed by atoms with Crippen molar-refractivity contribution < 1.29 is 13.8 Å². The van der Waals surface area contributed by atoms with E-state index >= 15 is 0 Å². The number of rotatable bonds is 6. The van der Waals surface area contributed by atoms with Gasteiger partial charge in [-0.05, 0) is 44.4 Å². The number of hydrogen-bond acceptors (Lipinski definition) is 6. The SMILES string of the molecule is CN=C(Nc1ccc(F)c(Br)c1)c1nonc1SCCNC(N)=O. The van der Waals surface area contributed by atoms with Gasteiger partial charge in [0.1, 0.15) is 5.82 Å². The molecule has 4 N–H and O–H groups in total. The zero-order valence-corrected chi connectivity index (χ0v) is 14.9. The topological polar surface area (TPSA) is 118 Å². The van der Waals surface area contributed by atoms with Gasteiger partial charge in [-0.1, -0.05) is 11.8 Å². The first-order valence-corrected chi connectivity index (χ1v) is 8.47. The second kappa shape index (κ2) is 8.64. The lowest BCUT2D eigenvalue weighted by Gasteiger charge is -2.08. The molecule has 1 aromatic heterocycles. The molecular weight excluding hydrogens is 403 g/mol. The highest BCUT2D eigenvalue weighted by Crippen LogP contribution is 2.23. The summed E-state index contributed by atoms with van der Waals surface area (Å²) in [5.41, 5.74) is 6.04. The molecule has 0 unspecified atom stereocenters. The number of halogens is 2. The molecule has 2 amide bonds. The summed E-state index contributed by atoms with van der Waals surface area (Å²) < 4.78 is 18.4. The lowest BCUT2D eigenvalue weighted by atomic mass is 10.3. The van der Waals surface area contributed by atoms with Gasteiger partial charge >= 0.3 is 6.03 Å². The van der Waals surface area contributed by atoms with Crippen molar-refractivity contribution in [3.8, 4) is 0 Å². The Morgan fingerprint density at radius 2 is 2.29 bits per heavy atom. The summed E-state index contributed by atoms with van der Waals surface area (Å²) in [6, 6.07) is 3.89. The highest BCUT2D eigenvalue weighted by atomic mass is 79.9. The van der Waals surface area contributed by atoms with Gasteiger partial charge in [0.05, 0.1) is 4.47 Å². The molecule has 1 aromatic carbocycles. The van der Waals surface area contributed by atoms with Crippen LogP contribution in [0.1, 0.15) is 5.69 Å². The number of anilines is 1. The average Bonchev–Trinajstić information content (AvgIpc) is 3.00. The van der Waals surface area contributed by atoms with Crippen molar-refractivity contribution in [3.05, 3.63) is 34.2 Å². The van der Waals surface area contributed by atoms with Gasteiger partial charge in [-0.2, -0.15) is 0 Å². The van der Waals surface area contributed by atoms with Crippen LogP contribution in [0.25, 0.3) is 0 Å². The molecule has 2 rings (SSSR count). The molecule has 0 fully saturated rings. The number of aromatic nitrogens is 2. The number of nitrogens with two attached hydrogens (primary N) is 1. The highest BCUT2D eigenvalue weighted by molar-refractivity contribution is 9.10. The van der Waals surface area contributed by atoms with Crippen LogP contribution in [0.15, 0.2) is 37.3 Å². The minimum atomic E-state index is -0.589. The minimum absolute atomic E-state index is 0.327. The van der Waals surface area contributed by atoms with Gasteiger partial charge in [0.2, 0.25) is 0 Å². The first-order valence-electron chi connectivity index (χ1n) is 6.69. The summed E-state index contributed by atoms with van der Waals surface area (Å²) in [6.07, 6.45) is 0. The van der Waals surface area contributed by atoms with Crippen molar-refractivity contribution in [3.63, 3.8) is 0 Å². The highest BCUT2D eigenvalue weighted by Gasteiger charge is 2.17. The van der Waals surface area contributed by atoms with Crippen LogP contribution in [0.4, 0.5) is 14.9 Å². The number of primary amides is 1. The fraction of sp³-hybridized carbons (Fsp3) is 0.231. The van der Waals surface area contributed by atoms with E-state index in [0.29, 0.717) is 39.0 Å². The number of amides is 2. The number of nitrogens with zero attached hydrogens (tertiary/aromatic N) is 3. The maximum Gasteiger partial charge on any atom is 0.312 e. The maximum absolute atomic E-state index is 13.3. The predicted octanol–water partition coefficient (Wildman–Crippen LogP) is 2.22. The third-order valence-electron chi connectivity index (χ3n) is 2.73. The van der Waals surface area contributed by atoms with E-state index in [4.69, 9.17) is 10.4 Å². The smallest absolute Gasteiger partial charge is 0.312 e. The quantitative estimate of drug-likeness (QED) is 0.287. The molecule has 1 heterocycles. The fourth-order valence-electron chi connectivity index (χ4n) is 1.67. The number of amidine groups is 1. The molecular formula is C13H14BrFN6O2S. The third kappa shape index (κ3) is 4.93. The Balaban J connectivity index is 2.07. The molecule has 0 saturated carbocycles. The van der Waals surface area contributed by atoms with Crippen LogP contribution in [0, 0.1) is 5.82 Å². The summed E-state index contributed by atoms with van der Waals surface area (Å²) in [6.45, 7) is 0.378. The van der Waals surface area contributed by atoms with Crippen LogP contribution < -0.4 is 16.4 Å². The van der Waals surface area contributed by atoms with Gasteiger partial charge < -0.3 is 16.4 Å². The van der Waals surface area contributed by atoms with Gasteiger partial charge in [0, 0.05) is 25.0 Å². The predicted molar refractivity (Wildman–Crippen MR) is 92.8 cm³/mol. The molecule has 0 radical (unpaired) electrons. The Bertz CT molecular complexity index is 754. The van der Waals surface area contributed by atoms with Crippen LogP contribution in [0.2, 0.25) is 0 Å². The molecule has 0 saturated heterocycles. The van der Waals surface area contributed by atoms with Crippen LogP contribution in [-0.4, -0.2) is 41.5 Å². The van der Waals surface area contributed by atoms with E-state index in [-0.39, 0.29) is 5.82 Å². The molecule has 0 spiro atoms.